The minimum atomic E-state index is -0.473. The van der Waals surface area contributed by atoms with Crippen molar-refractivity contribution in [3.63, 3.8) is 0 Å². The van der Waals surface area contributed by atoms with Crippen molar-refractivity contribution in [2.45, 2.75) is 0 Å². The van der Waals surface area contributed by atoms with E-state index in [1.54, 1.807) is 24.3 Å². The van der Waals surface area contributed by atoms with E-state index in [4.69, 9.17) is 9.15 Å². The number of hydrogen-bond donors (Lipinski definition) is 1. The van der Waals surface area contributed by atoms with Gasteiger partial charge in [-0.1, -0.05) is 23.5 Å². The van der Waals surface area contributed by atoms with Crippen molar-refractivity contribution in [1.82, 2.24) is 4.98 Å². The Kier molecular flexibility index (Phi) is 3.77. The first-order valence-electron chi connectivity index (χ1n) is 7.48. The van der Waals surface area contributed by atoms with Crippen LogP contribution in [0.2, 0.25) is 0 Å². The van der Waals surface area contributed by atoms with Crippen LogP contribution in [-0.2, 0) is 0 Å². The number of ether oxygens (including phenoxy) is 1. The number of carbonyl (C=O) groups excluding carboxylic acids is 1. The summed E-state index contributed by atoms with van der Waals surface area (Å²) >= 11 is 1.15. The molecule has 0 bridgehead atoms. The molecule has 130 valence electrons. The highest BCUT2D eigenvalue weighted by atomic mass is 32.1. The Morgan fingerprint density at radius 3 is 2.92 bits per heavy atom. The summed E-state index contributed by atoms with van der Waals surface area (Å²) < 4.78 is 11.4. The number of aromatic nitrogens is 1. The van der Waals surface area contributed by atoms with E-state index in [1.165, 1.54) is 19.2 Å². The maximum Gasteiger partial charge on any atom is 0.293 e. The van der Waals surface area contributed by atoms with Gasteiger partial charge in [-0.2, -0.15) is 0 Å². The number of rotatable bonds is 4. The van der Waals surface area contributed by atoms with Crippen LogP contribution in [0.3, 0.4) is 0 Å². The van der Waals surface area contributed by atoms with Crippen LogP contribution in [0, 0.1) is 10.1 Å². The summed E-state index contributed by atoms with van der Waals surface area (Å²) in [5, 5.41) is 14.6. The molecule has 26 heavy (non-hydrogen) atoms. The first-order chi connectivity index (χ1) is 12.5. The average Bonchev–Trinajstić information content (AvgIpc) is 3.23. The van der Waals surface area contributed by atoms with Crippen molar-refractivity contribution in [2.24, 2.45) is 0 Å². The molecule has 0 saturated carbocycles. The van der Waals surface area contributed by atoms with Crippen LogP contribution < -0.4 is 10.1 Å². The summed E-state index contributed by atoms with van der Waals surface area (Å²) in [7, 11) is 1.53. The second kappa shape index (κ2) is 6.12. The Bertz CT molecular complexity index is 1160. The molecule has 1 N–H and O–H groups in total. The number of benzene rings is 2. The molecule has 0 fully saturated rings. The normalized spacial score (nSPS) is 11.0. The molecular formula is C17H11N3O5S. The lowest BCUT2D eigenvalue weighted by molar-refractivity contribution is -0.384. The highest BCUT2D eigenvalue weighted by Gasteiger charge is 2.17. The average molecular weight is 369 g/mol. The number of thiazole rings is 1. The largest absolute Gasteiger partial charge is 0.493 e. The fourth-order valence-electron chi connectivity index (χ4n) is 2.55. The maximum atomic E-state index is 12.4. The second-order valence-corrected chi connectivity index (χ2v) is 6.40. The fraction of sp³-hybridized carbons (Fsp3) is 0.0588. The van der Waals surface area contributed by atoms with Crippen LogP contribution in [0.4, 0.5) is 10.8 Å². The van der Waals surface area contributed by atoms with Gasteiger partial charge >= 0.3 is 0 Å². The highest BCUT2D eigenvalue weighted by molar-refractivity contribution is 7.22. The zero-order chi connectivity index (χ0) is 18.3. The summed E-state index contributed by atoms with van der Waals surface area (Å²) in [6, 6.07) is 11.3. The highest BCUT2D eigenvalue weighted by Crippen LogP contribution is 2.31. The monoisotopic (exact) mass is 369 g/mol. The molecule has 0 saturated heterocycles. The third kappa shape index (κ3) is 2.74. The van der Waals surface area contributed by atoms with E-state index in [2.05, 4.69) is 10.3 Å². The Balaban J connectivity index is 1.63. The Hall–Kier alpha value is -3.46. The molecule has 0 aliphatic heterocycles. The van der Waals surface area contributed by atoms with E-state index in [0.29, 0.717) is 26.7 Å². The molecule has 0 unspecified atom stereocenters. The van der Waals surface area contributed by atoms with Crippen LogP contribution in [0.15, 0.2) is 46.9 Å². The molecule has 4 rings (SSSR count). The van der Waals surface area contributed by atoms with Crippen molar-refractivity contribution in [3.8, 4) is 5.75 Å². The minimum absolute atomic E-state index is 0.0246. The number of fused-ring (bicyclic) bond motifs is 2. The van der Waals surface area contributed by atoms with Gasteiger partial charge in [-0.25, -0.2) is 4.98 Å². The lowest BCUT2D eigenvalue weighted by atomic mass is 10.2. The Morgan fingerprint density at radius 1 is 1.31 bits per heavy atom. The van der Waals surface area contributed by atoms with Crippen LogP contribution in [-0.4, -0.2) is 22.9 Å². The van der Waals surface area contributed by atoms with Gasteiger partial charge in [0.05, 0.1) is 22.2 Å². The van der Waals surface area contributed by atoms with Gasteiger partial charge in [0.2, 0.25) is 0 Å². The smallest absolute Gasteiger partial charge is 0.293 e. The van der Waals surface area contributed by atoms with E-state index >= 15 is 0 Å². The standard InChI is InChI=1S/C17H11N3O5S/c1-24-12-4-2-3-9-7-13(25-15(9)12)16(21)19-17-18-11-6-5-10(20(22)23)8-14(11)26-17/h2-8H,1H3,(H,18,19,21). The number of nitro benzene ring substituents is 1. The topological polar surface area (TPSA) is 108 Å². The summed E-state index contributed by atoms with van der Waals surface area (Å²) in [6.45, 7) is 0. The van der Waals surface area contributed by atoms with Gasteiger partial charge in [0.15, 0.2) is 22.2 Å². The maximum absolute atomic E-state index is 12.4. The number of nitro groups is 1. The molecular weight excluding hydrogens is 358 g/mol. The van der Waals surface area contributed by atoms with Gasteiger partial charge in [-0.15, -0.1) is 0 Å². The molecule has 8 nitrogen and oxygen atoms in total. The lowest BCUT2D eigenvalue weighted by Crippen LogP contribution is -2.10. The minimum Gasteiger partial charge on any atom is -0.493 e. The van der Waals surface area contributed by atoms with E-state index in [-0.39, 0.29) is 11.4 Å². The molecule has 0 radical (unpaired) electrons. The Labute approximate surface area is 150 Å². The van der Waals surface area contributed by atoms with Crippen molar-refractivity contribution in [3.05, 3.63) is 58.3 Å². The van der Waals surface area contributed by atoms with Gasteiger partial charge in [0, 0.05) is 17.5 Å². The number of non-ortho nitro benzene ring substituents is 1. The number of para-hydroxylation sites is 1. The van der Waals surface area contributed by atoms with E-state index < -0.39 is 10.8 Å². The summed E-state index contributed by atoms with van der Waals surface area (Å²) in [6.07, 6.45) is 0. The second-order valence-electron chi connectivity index (χ2n) is 5.37. The number of amides is 1. The number of nitrogens with one attached hydrogen (secondary N) is 1. The van der Waals surface area contributed by atoms with Gasteiger partial charge in [0.1, 0.15) is 0 Å². The zero-order valence-electron chi connectivity index (χ0n) is 13.4. The summed E-state index contributed by atoms with van der Waals surface area (Å²) in [5.74, 6) is 0.195. The molecule has 4 aromatic rings. The van der Waals surface area contributed by atoms with Crippen LogP contribution in [0.5, 0.6) is 5.75 Å². The molecule has 0 spiro atoms. The number of furan rings is 1. The predicted molar refractivity (Wildman–Crippen MR) is 97.0 cm³/mol. The first kappa shape index (κ1) is 16.0. The molecule has 0 aliphatic rings. The summed E-state index contributed by atoms with van der Waals surface area (Å²) in [4.78, 5) is 27.1. The van der Waals surface area contributed by atoms with Gasteiger partial charge < -0.3 is 9.15 Å². The fourth-order valence-corrected chi connectivity index (χ4v) is 3.44. The third-order valence-corrected chi connectivity index (χ3v) is 4.69. The molecule has 1 amide bonds. The number of anilines is 1. The molecule has 0 atom stereocenters. The van der Waals surface area contributed by atoms with Crippen molar-refractivity contribution < 1.29 is 18.9 Å². The van der Waals surface area contributed by atoms with Crippen molar-refractivity contribution in [2.75, 3.05) is 12.4 Å². The van der Waals surface area contributed by atoms with Crippen LogP contribution in [0.1, 0.15) is 10.6 Å². The number of methoxy groups -OCH3 is 1. The van der Waals surface area contributed by atoms with Gasteiger partial charge in [-0.3, -0.25) is 20.2 Å². The Morgan fingerprint density at radius 2 is 2.15 bits per heavy atom. The molecule has 9 heteroatoms. The number of hydrogen-bond acceptors (Lipinski definition) is 7. The predicted octanol–water partition coefficient (Wildman–Crippen LogP) is 4.21. The lowest BCUT2D eigenvalue weighted by Gasteiger charge is -1.99. The van der Waals surface area contributed by atoms with Crippen LogP contribution in [0.25, 0.3) is 21.2 Å². The quantitative estimate of drug-likeness (QED) is 0.426. The SMILES string of the molecule is COc1cccc2cc(C(=O)Nc3nc4ccc([N+](=O)[O-])cc4s3)oc12. The van der Waals surface area contributed by atoms with Crippen LogP contribution >= 0.6 is 11.3 Å². The van der Waals surface area contributed by atoms with E-state index in [0.717, 1.165) is 16.7 Å². The summed E-state index contributed by atoms with van der Waals surface area (Å²) in [5.41, 5.74) is 1.03. The molecule has 2 heterocycles. The molecule has 2 aromatic heterocycles. The number of carbonyl (C=O) groups is 1. The zero-order valence-corrected chi connectivity index (χ0v) is 14.2. The van der Waals surface area contributed by atoms with Crippen molar-refractivity contribution >= 4 is 49.2 Å². The molecule has 2 aromatic carbocycles. The molecule has 0 aliphatic carbocycles. The number of nitrogens with zero attached hydrogens (tertiary/aromatic N) is 2. The van der Waals surface area contributed by atoms with Gasteiger partial charge in [-0.05, 0) is 18.2 Å². The first-order valence-corrected chi connectivity index (χ1v) is 8.29. The third-order valence-electron chi connectivity index (χ3n) is 3.75. The van der Waals surface area contributed by atoms with Gasteiger partial charge in [0.25, 0.3) is 11.6 Å². The van der Waals surface area contributed by atoms with E-state index in [9.17, 15) is 14.9 Å². The van der Waals surface area contributed by atoms with Crippen molar-refractivity contribution in [1.29, 1.82) is 0 Å². The van der Waals surface area contributed by atoms with E-state index in [1.807, 2.05) is 6.07 Å².